The highest BCUT2D eigenvalue weighted by Gasteiger charge is 2.28. The highest BCUT2D eigenvalue weighted by Crippen LogP contribution is 2.27. The van der Waals surface area contributed by atoms with Gasteiger partial charge in [0.1, 0.15) is 30.4 Å². The summed E-state index contributed by atoms with van der Waals surface area (Å²) in [5.41, 5.74) is -0.356. The molecule has 0 saturated carbocycles. The van der Waals surface area contributed by atoms with Crippen LogP contribution in [-0.2, 0) is 14.4 Å². The molecule has 11 nitrogen and oxygen atoms in total. The van der Waals surface area contributed by atoms with Crippen LogP contribution in [0.1, 0.15) is 25.3 Å². The first-order valence-electron chi connectivity index (χ1n) is 11.1. The molecule has 38 heavy (non-hydrogen) atoms. The molecule has 1 aromatic heterocycles. The van der Waals surface area contributed by atoms with Crippen LogP contribution < -0.4 is 20.7 Å². The summed E-state index contributed by atoms with van der Waals surface area (Å²) in [5, 5.41) is 35.8. The van der Waals surface area contributed by atoms with Crippen molar-refractivity contribution in [3.63, 3.8) is 0 Å². The maximum atomic E-state index is 14.0. The van der Waals surface area contributed by atoms with Gasteiger partial charge in [0.05, 0.1) is 11.1 Å². The smallest absolute Gasteiger partial charge is 0.314 e. The van der Waals surface area contributed by atoms with Crippen molar-refractivity contribution in [1.29, 1.82) is 0 Å². The Morgan fingerprint density at radius 1 is 1.05 bits per heavy atom. The second kappa shape index (κ2) is 13.9. The van der Waals surface area contributed by atoms with E-state index in [4.69, 9.17) is 26.6 Å². The highest BCUT2D eigenvalue weighted by molar-refractivity contribution is 6.39. The van der Waals surface area contributed by atoms with Crippen LogP contribution in [0.15, 0.2) is 24.4 Å². The topological polar surface area (TPSA) is 170 Å². The molecule has 1 heterocycles. The average molecular weight is 563 g/mol. The zero-order valence-electron chi connectivity index (χ0n) is 20.2. The van der Waals surface area contributed by atoms with Crippen molar-refractivity contribution in [2.24, 2.45) is 0 Å². The summed E-state index contributed by atoms with van der Waals surface area (Å²) in [6.07, 6.45) is -2.73. The number of amides is 3. The van der Waals surface area contributed by atoms with E-state index in [0.717, 1.165) is 6.92 Å². The zero-order chi connectivity index (χ0) is 28.6. The molecule has 0 aliphatic carbocycles. The largest absolute Gasteiger partial charge is 0.487 e. The van der Waals surface area contributed by atoms with Gasteiger partial charge in [0.2, 0.25) is 11.7 Å². The molecule has 0 spiro atoms. The molecule has 2 aromatic rings. The molecule has 0 fully saturated rings. The van der Waals surface area contributed by atoms with E-state index in [0.29, 0.717) is 11.1 Å². The Bertz CT molecular complexity index is 1130. The number of anilines is 1. The Morgan fingerprint density at radius 3 is 2.34 bits per heavy atom. The summed E-state index contributed by atoms with van der Waals surface area (Å²) < 4.78 is 46.4. The van der Waals surface area contributed by atoms with E-state index in [2.05, 4.69) is 20.9 Å². The van der Waals surface area contributed by atoms with Gasteiger partial charge >= 0.3 is 11.8 Å². The second-order valence-electron chi connectivity index (χ2n) is 8.17. The van der Waals surface area contributed by atoms with E-state index in [9.17, 15) is 32.7 Å². The number of carbonyl (C=O) groups is 3. The molecule has 15 heteroatoms. The van der Waals surface area contributed by atoms with Gasteiger partial charge in [-0.15, -0.1) is 0 Å². The Hall–Kier alpha value is -3.46. The number of nitrogens with zero attached hydrogens (tertiary/aromatic N) is 1. The lowest BCUT2D eigenvalue weighted by atomic mass is 10.0. The van der Waals surface area contributed by atoms with Crippen molar-refractivity contribution in [2.75, 3.05) is 11.9 Å². The second-order valence-corrected chi connectivity index (χ2v) is 8.61. The van der Waals surface area contributed by atoms with Crippen LogP contribution in [0.2, 0.25) is 5.02 Å². The van der Waals surface area contributed by atoms with E-state index in [-0.39, 0.29) is 24.2 Å². The lowest BCUT2D eigenvalue weighted by Crippen LogP contribution is -2.53. The van der Waals surface area contributed by atoms with Crippen LogP contribution in [0.25, 0.3) is 0 Å². The molecule has 208 valence electrons. The van der Waals surface area contributed by atoms with Crippen molar-refractivity contribution < 1.29 is 47.6 Å². The Kier molecular flexibility index (Phi) is 11.3. The third-order valence-electron chi connectivity index (χ3n) is 5.20. The number of aliphatic hydroxyl groups excluding tert-OH is 2. The number of pyridine rings is 1. The lowest BCUT2D eigenvalue weighted by Gasteiger charge is -2.26. The van der Waals surface area contributed by atoms with Gasteiger partial charge in [-0.05, 0) is 38.8 Å². The third kappa shape index (κ3) is 8.83. The van der Waals surface area contributed by atoms with Crippen molar-refractivity contribution >= 4 is 35.1 Å². The summed E-state index contributed by atoms with van der Waals surface area (Å²) in [7, 11) is 0. The molecule has 0 saturated heterocycles. The van der Waals surface area contributed by atoms with Gasteiger partial charge in [-0.3, -0.25) is 14.4 Å². The van der Waals surface area contributed by atoms with Gasteiger partial charge in [-0.1, -0.05) is 11.6 Å². The SMILES string of the molecule is Cc1c(F)cc(F)c(F)c1OCC(O)[C@H](CCC(O)O)NC(=O)[C@H](C)NC(=O)C(=O)Nc1ccc(Cl)cn1. The minimum absolute atomic E-state index is 0.0299. The van der Waals surface area contributed by atoms with Gasteiger partial charge in [-0.2, -0.15) is 4.39 Å². The van der Waals surface area contributed by atoms with E-state index in [1.165, 1.54) is 25.3 Å². The minimum Gasteiger partial charge on any atom is -0.487 e. The minimum atomic E-state index is -1.80. The molecule has 0 radical (unpaired) electrons. The van der Waals surface area contributed by atoms with Gasteiger partial charge in [0.15, 0.2) is 17.9 Å². The number of rotatable bonds is 11. The van der Waals surface area contributed by atoms with Crippen molar-refractivity contribution in [3.8, 4) is 5.75 Å². The van der Waals surface area contributed by atoms with Crippen molar-refractivity contribution in [3.05, 3.63) is 52.4 Å². The number of nitrogens with one attached hydrogen (secondary N) is 3. The van der Waals surface area contributed by atoms with Crippen molar-refractivity contribution in [2.45, 2.75) is 51.2 Å². The van der Waals surface area contributed by atoms with Gasteiger partial charge in [0, 0.05) is 17.8 Å². The predicted octanol–water partition coefficient (Wildman–Crippen LogP) is 0.920. The number of aromatic nitrogens is 1. The summed E-state index contributed by atoms with van der Waals surface area (Å²) in [5.74, 6) is -8.02. The molecule has 0 aliphatic rings. The number of carbonyl (C=O) groups excluding carboxylic acids is 3. The van der Waals surface area contributed by atoms with Gasteiger partial charge in [-0.25, -0.2) is 13.8 Å². The van der Waals surface area contributed by atoms with Crippen LogP contribution in [0.3, 0.4) is 0 Å². The molecule has 3 amide bonds. The molecule has 0 aliphatic heterocycles. The fourth-order valence-electron chi connectivity index (χ4n) is 3.07. The number of aliphatic hydroxyl groups is 3. The summed E-state index contributed by atoms with van der Waals surface area (Å²) in [6, 6.07) is 0.563. The molecule has 3 atom stereocenters. The number of ether oxygens (including phenoxy) is 1. The lowest BCUT2D eigenvalue weighted by molar-refractivity contribution is -0.138. The van der Waals surface area contributed by atoms with Crippen LogP contribution in [-0.4, -0.2) is 69.1 Å². The molecule has 2 rings (SSSR count). The molecule has 1 unspecified atom stereocenters. The molecule has 1 aromatic carbocycles. The fourth-order valence-corrected chi connectivity index (χ4v) is 3.18. The van der Waals surface area contributed by atoms with Gasteiger partial charge < -0.3 is 36.0 Å². The van der Waals surface area contributed by atoms with E-state index < -0.39 is 72.0 Å². The Morgan fingerprint density at radius 2 is 1.74 bits per heavy atom. The highest BCUT2D eigenvalue weighted by atomic mass is 35.5. The number of hydrogen-bond acceptors (Lipinski definition) is 8. The molecule has 0 bridgehead atoms. The maximum absolute atomic E-state index is 14.0. The third-order valence-corrected chi connectivity index (χ3v) is 5.43. The first-order valence-corrected chi connectivity index (χ1v) is 11.5. The summed E-state index contributed by atoms with van der Waals surface area (Å²) in [6.45, 7) is 1.62. The molecule has 6 N–H and O–H groups in total. The van der Waals surface area contributed by atoms with E-state index in [1.807, 2.05) is 0 Å². The van der Waals surface area contributed by atoms with E-state index >= 15 is 0 Å². The predicted molar refractivity (Wildman–Crippen MR) is 127 cm³/mol. The van der Waals surface area contributed by atoms with E-state index in [1.54, 1.807) is 0 Å². The fraction of sp³-hybridized carbons (Fsp3) is 0.391. The van der Waals surface area contributed by atoms with Crippen molar-refractivity contribution in [1.82, 2.24) is 15.6 Å². The summed E-state index contributed by atoms with van der Waals surface area (Å²) >= 11 is 5.70. The average Bonchev–Trinajstić information content (AvgIpc) is 2.86. The van der Waals surface area contributed by atoms with Crippen LogP contribution in [0.5, 0.6) is 5.75 Å². The first-order chi connectivity index (χ1) is 17.8. The number of halogens is 4. The Balaban J connectivity index is 2.02. The standard InChI is InChI=1S/C23H26ClF3N4O7/c1-10-13(25)7-14(26)19(27)20(10)38-9-16(32)15(4-6-18(33)34)30-21(35)11(2)29-22(36)23(37)31-17-5-3-12(24)8-28-17/h3,5,7-8,11,15-16,18,32-34H,4,6,9H2,1-2H3,(H,29,36)(H,30,35)(H,28,31,37)/t11-,15-,16?/m0/s1. The monoisotopic (exact) mass is 562 g/mol. The maximum Gasteiger partial charge on any atom is 0.314 e. The molecular weight excluding hydrogens is 537 g/mol. The van der Waals surface area contributed by atoms with Gasteiger partial charge in [0.25, 0.3) is 0 Å². The number of hydrogen-bond donors (Lipinski definition) is 6. The van der Waals surface area contributed by atoms with Crippen LogP contribution in [0, 0.1) is 24.4 Å². The Labute approximate surface area is 220 Å². The van der Waals surface area contributed by atoms with Crippen LogP contribution in [0.4, 0.5) is 19.0 Å². The summed E-state index contributed by atoms with van der Waals surface area (Å²) in [4.78, 5) is 40.6. The zero-order valence-corrected chi connectivity index (χ0v) is 20.9. The molecular formula is C23H26ClF3N4O7. The van der Waals surface area contributed by atoms with Crippen LogP contribution >= 0.6 is 11.6 Å². The number of benzene rings is 1. The first kappa shape index (κ1) is 30.8. The normalized spacial score (nSPS) is 13.4. The quantitative estimate of drug-likeness (QED) is 0.133.